The lowest BCUT2D eigenvalue weighted by atomic mass is 10.0. The molecule has 198 valence electrons. The summed E-state index contributed by atoms with van der Waals surface area (Å²) < 4.78 is 0. The first kappa shape index (κ1) is 28.8. The summed E-state index contributed by atoms with van der Waals surface area (Å²) in [7, 11) is 0. The van der Waals surface area contributed by atoms with Crippen molar-refractivity contribution in [1.29, 1.82) is 0 Å². The summed E-state index contributed by atoms with van der Waals surface area (Å²) in [5.41, 5.74) is 1.000. The molecular formula is C26H32N4O7. The van der Waals surface area contributed by atoms with Crippen molar-refractivity contribution in [2.75, 3.05) is 13.1 Å². The van der Waals surface area contributed by atoms with Crippen molar-refractivity contribution in [3.05, 3.63) is 65.7 Å². The Morgan fingerprint density at radius 2 is 1.43 bits per heavy atom. The van der Waals surface area contributed by atoms with Crippen molar-refractivity contribution in [1.82, 2.24) is 21.3 Å². The summed E-state index contributed by atoms with van der Waals surface area (Å²) in [6.45, 7) is 2.70. The number of phenolic OH excluding ortho intramolecular Hbond substituents is 1. The Morgan fingerprint density at radius 3 is 2.03 bits per heavy atom. The van der Waals surface area contributed by atoms with Crippen LogP contribution in [-0.2, 0) is 25.6 Å². The fourth-order valence-corrected chi connectivity index (χ4v) is 3.44. The molecule has 0 fully saturated rings. The van der Waals surface area contributed by atoms with E-state index in [1.54, 1.807) is 24.3 Å². The van der Waals surface area contributed by atoms with Gasteiger partial charge in [-0.2, -0.15) is 0 Å². The van der Waals surface area contributed by atoms with Gasteiger partial charge in [0.15, 0.2) is 0 Å². The van der Waals surface area contributed by atoms with Gasteiger partial charge in [-0.1, -0.05) is 44.2 Å². The number of aliphatic carboxylic acids is 1. The molecule has 2 aromatic carbocycles. The second-order valence-electron chi connectivity index (χ2n) is 8.84. The summed E-state index contributed by atoms with van der Waals surface area (Å²) in [5.74, 6) is -3.64. The van der Waals surface area contributed by atoms with Crippen molar-refractivity contribution >= 4 is 29.6 Å². The number of carboxylic acid groups (broad SMARTS) is 1. The predicted molar refractivity (Wildman–Crippen MR) is 135 cm³/mol. The number of benzene rings is 2. The molecule has 0 bridgehead atoms. The maximum atomic E-state index is 13.2. The maximum absolute atomic E-state index is 13.2. The molecule has 4 amide bonds. The number of hydrogen-bond acceptors (Lipinski definition) is 6. The van der Waals surface area contributed by atoms with Crippen LogP contribution >= 0.6 is 0 Å². The summed E-state index contributed by atoms with van der Waals surface area (Å²) in [6, 6.07) is 12.4. The Bertz CT molecular complexity index is 1090. The van der Waals surface area contributed by atoms with Crippen LogP contribution in [0.5, 0.6) is 5.75 Å². The van der Waals surface area contributed by atoms with Crippen molar-refractivity contribution in [2.24, 2.45) is 5.92 Å². The van der Waals surface area contributed by atoms with Crippen molar-refractivity contribution in [3.8, 4) is 5.75 Å². The van der Waals surface area contributed by atoms with E-state index in [0.29, 0.717) is 0 Å². The standard InChI is InChI=1S/C26H32N4O7/c1-16(2)12-20(25(36)28-15-23(33)34)30-26(37)21(13-17-6-4-3-5-7-17)29-22(32)14-27-24(35)18-8-10-19(31)11-9-18/h3-11,16,20-21,31H,12-15H2,1-2H3,(H,27,35)(H,28,36)(H,29,32)(H,30,37)(H,33,34)/t20-,21-/m0/s1. The average Bonchev–Trinajstić information content (AvgIpc) is 2.85. The third-order valence-electron chi connectivity index (χ3n) is 5.23. The van der Waals surface area contributed by atoms with E-state index in [4.69, 9.17) is 5.11 Å². The van der Waals surface area contributed by atoms with Gasteiger partial charge in [0.05, 0.1) is 6.54 Å². The van der Waals surface area contributed by atoms with Crippen molar-refractivity contribution in [3.63, 3.8) is 0 Å². The number of nitrogens with one attached hydrogen (secondary N) is 4. The molecule has 0 unspecified atom stereocenters. The number of phenols is 1. The molecule has 0 radical (unpaired) electrons. The molecule has 2 aromatic rings. The van der Waals surface area contributed by atoms with E-state index < -0.39 is 54.8 Å². The minimum absolute atomic E-state index is 0.00327. The van der Waals surface area contributed by atoms with Crippen molar-refractivity contribution < 1.29 is 34.2 Å². The minimum atomic E-state index is -1.22. The quantitative estimate of drug-likeness (QED) is 0.228. The zero-order valence-electron chi connectivity index (χ0n) is 20.7. The monoisotopic (exact) mass is 512 g/mol. The second-order valence-corrected chi connectivity index (χ2v) is 8.84. The van der Waals surface area contributed by atoms with E-state index in [1.807, 2.05) is 19.9 Å². The Kier molecular flexibility index (Phi) is 11.1. The Hall–Kier alpha value is -4.41. The van der Waals surface area contributed by atoms with E-state index in [9.17, 15) is 29.1 Å². The molecule has 11 nitrogen and oxygen atoms in total. The maximum Gasteiger partial charge on any atom is 0.322 e. The number of carbonyl (C=O) groups excluding carboxylic acids is 4. The van der Waals surface area contributed by atoms with Gasteiger partial charge < -0.3 is 31.5 Å². The number of aromatic hydroxyl groups is 1. The molecule has 0 heterocycles. The van der Waals surface area contributed by atoms with Gasteiger partial charge >= 0.3 is 5.97 Å². The molecule has 0 spiro atoms. The second kappa shape index (κ2) is 14.2. The van der Waals surface area contributed by atoms with Crippen LogP contribution in [0.15, 0.2) is 54.6 Å². The predicted octanol–water partition coefficient (Wildman–Crippen LogP) is 0.581. The lowest BCUT2D eigenvalue weighted by Gasteiger charge is -2.24. The Morgan fingerprint density at radius 1 is 0.784 bits per heavy atom. The number of amides is 4. The van der Waals surface area contributed by atoms with Crippen LogP contribution in [-0.4, -0.2) is 65.0 Å². The first-order valence-corrected chi connectivity index (χ1v) is 11.8. The number of rotatable bonds is 13. The highest BCUT2D eigenvalue weighted by Gasteiger charge is 2.28. The summed E-state index contributed by atoms with van der Waals surface area (Å²) >= 11 is 0. The van der Waals surface area contributed by atoms with Crippen LogP contribution in [0.3, 0.4) is 0 Å². The van der Waals surface area contributed by atoms with Gasteiger partial charge in [0.2, 0.25) is 17.7 Å². The fraction of sp³-hybridized carbons (Fsp3) is 0.346. The van der Waals surface area contributed by atoms with E-state index in [0.717, 1.165) is 5.56 Å². The van der Waals surface area contributed by atoms with Crippen molar-refractivity contribution in [2.45, 2.75) is 38.8 Å². The van der Waals surface area contributed by atoms with Crippen LogP contribution in [0.25, 0.3) is 0 Å². The molecule has 11 heteroatoms. The van der Waals surface area contributed by atoms with Crippen LogP contribution in [0.4, 0.5) is 0 Å². The molecule has 0 aliphatic heterocycles. The minimum Gasteiger partial charge on any atom is -0.508 e. The van der Waals surface area contributed by atoms with Gasteiger partial charge in [0.1, 0.15) is 24.4 Å². The number of carbonyl (C=O) groups is 5. The molecule has 0 aliphatic rings. The highest BCUT2D eigenvalue weighted by molar-refractivity contribution is 5.97. The lowest BCUT2D eigenvalue weighted by molar-refractivity contribution is -0.138. The van der Waals surface area contributed by atoms with Gasteiger partial charge in [-0.25, -0.2) is 0 Å². The SMILES string of the molecule is CC(C)C[C@H](NC(=O)[C@H](Cc1ccccc1)NC(=O)CNC(=O)c1ccc(O)cc1)C(=O)NCC(=O)O. The summed E-state index contributed by atoms with van der Waals surface area (Å²) in [6.07, 6.45) is 0.376. The van der Waals surface area contributed by atoms with Gasteiger partial charge in [-0.15, -0.1) is 0 Å². The smallest absolute Gasteiger partial charge is 0.322 e. The number of hydrogen-bond donors (Lipinski definition) is 6. The van der Waals surface area contributed by atoms with Gasteiger partial charge in [-0.3, -0.25) is 24.0 Å². The molecule has 2 atom stereocenters. The summed E-state index contributed by atoms with van der Waals surface area (Å²) in [5, 5.41) is 28.1. The normalized spacial score (nSPS) is 12.2. The third kappa shape index (κ3) is 10.4. The van der Waals surface area contributed by atoms with Gasteiger partial charge in [-0.05, 0) is 42.2 Å². The molecule has 0 saturated carbocycles. The van der Waals surface area contributed by atoms with E-state index in [1.165, 1.54) is 24.3 Å². The highest BCUT2D eigenvalue weighted by Crippen LogP contribution is 2.10. The Balaban J connectivity index is 2.09. The van der Waals surface area contributed by atoms with E-state index >= 15 is 0 Å². The largest absolute Gasteiger partial charge is 0.508 e. The van der Waals surface area contributed by atoms with Gasteiger partial charge in [0.25, 0.3) is 5.91 Å². The molecule has 0 aliphatic carbocycles. The average molecular weight is 513 g/mol. The number of carboxylic acids is 1. The third-order valence-corrected chi connectivity index (χ3v) is 5.23. The van der Waals surface area contributed by atoms with Crippen LogP contribution in [0.1, 0.15) is 36.2 Å². The molecule has 37 heavy (non-hydrogen) atoms. The van der Waals surface area contributed by atoms with Crippen LogP contribution in [0.2, 0.25) is 0 Å². The Labute approximate surface area is 214 Å². The van der Waals surface area contributed by atoms with Crippen LogP contribution < -0.4 is 21.3 Å². The molecule has 6 N–H and O–H groups in total. The summed E-state index contributed by atoms with van der Waals surface area (Å²) in [4.78, 5) is 61.4. The molecular weight excluding hydrogens is 480 g/mol. The molecule has 2 rings (SSSR count). The van der Waals surface area contributed by atoms with Crippen LogP contribution in [0, 0.1) is 5.92 Å². The van der Waals surface area contributed by atoms with E-state index in [2.05, 4.69) is 21.3 Å². The van der Waals surface area contributed by atoms with Gasteiger partial charge in [0, 0.05) is 12.0 Å². The topological polar surface area (TPSA) is 174 Å². The van der Waals surface area contributed by atoms with E-state index in [-0.39, 0.29) is 30.1 Å². The highest BCUT2D eigenvalue weighted by atomic mass is 16.4. The molecule has 0 saturated heterocycles. The first-order valence-electron chi connectivity index (χ1n) is 11.8. The lowest BCUT2D eigenvalue weighted by Crippen LogP contribution is -2.56. The fourth-order valence-electron chi connectivity index (χ4n) is 3.44. The zero-order chi connectivity index (χ0) is 27.4. The first-order chi connectivity index (χ1) is 17.5. The zero-order valence-corrected chi connectivity index (χ0v) is 20.7. The molecule has 0 aromatic heterocycles.